The maximum Gasteiger partial charge on any atom is 0.227 e. The van der Waals surface area contributed by atoms with Crippen molar-refractivity contribution < 1.29 is 4.79 Å². The second kappa shape index (κ2) is 4.45. The van der Waals surface area contributed by atoms with Gasteiger partial charge >= 0.3 is 0 Å². The predicted molar refractivity (Wildman–Crippen MR) is 61.4 cm³/mol. The van der Waals surface area contributed by atoms with Gasteiger partial charge in [0.15, 0.2) is 0 Å². The third kappa shape index (κ3) is 1.93. The van der Waals surface area contributed by atoms with Gasteiger partial charge in [-0.05, 0) is 38.5 Å². The highest BCUT2D eigenvalue weighted by Gasteiger charge is 2.55. The Kier molecular flexibility index (Phi) is 3.18. The third-order valence-corrected chi connectivity index (χ3v) is 4.09. The average molecular weight is 220 g/mol. The molecule has 0 radical (unpaired) electrons. The lowest BCUT2D eigenvalue weighted by Gasteiger charge is -2.24. The minimum atomic E-state index is 0.148. The fourth-order valence-corrected chi connectivity index (χ4v) is 3.14. The number of hydrogen-bond donors (Lipinski definition) is 0. The number of nitriles is 1. The first-order valence-corrected chi connectivity index (χ1v) is 6.34. The number of carbonyl (C=O) groups is 1. The monoisotopic (exact) mass is 220 g/mol. The molecule has 88 valence electrons. The molecular weight excluding hydrogens is 200 g/mol. The third-order valence-electron chi connectivity index (χ3n) is 4.09. The quantitative estimate of drug-likeness (QED) is 0.684. The van der Waals surface area contributed by atoms with Gasteiger partial charge in [-0.1, -0.05) is 12.8 Å². The maximum absolute atomic E-state index is 12.3. The number of carbonyl (C=O) groups excluding carboxylic acids is 1. The van der Waals surface area contributed by atoms with E-state index in [4.69, 9.17) is 5.26 Å². The number of hydrogen-bond acceptors (Lipinski definition) is 2. The van der Waals surface area contributed by atoms with Gasteiger partial charge in [0.1, 0.15) is 6.54 Å². The van der Waals surface area contributed by atoms with Crippen molar-refractivity contribution in [1.82, 2.24) is 4.90 Å². The van der Waals surface area contributed by atoms with Gasteiger partial charge in [0.2, 0.25) is 5.91 Å². The van der Waals surface area contributed by atoms with Crippen LogP contribution in [-0.2, 0) is 4.79 Å². The van der Waals surface area contributed by atoms with Crippen LogP contribution in [0.5, 0.6) is 0 Å². The molecule has 0 aliphatic heterocycles. The fraction of sp³-hybridized carbons (Fsp3) is 0.846. The number of rotatable bonds is 3. The van der Waals surface area contributed by atoms with Gasteiger partial charge < -0.3 is 4.90 Å². The lowest BCUT2D eigenvalue weighted by Crippen LogP contribution is -2.38. The van der Waals surface area contributed by atoms with Gasteiger partial charge in [0.05, 0.1) is 6.07 Å². The number of fused-ring (bicyclic) bond motifs is 1. The summed E-state index contributed by atoms with van der Waals surface area (Å²) in [5.74, 6) is 1.76. The van der Waals surface area contributed by atoms with E-state index >= 15 is 0 Å². The van der Waals surface area contributed by atoms with Gasteiger partial charge in [-0.15, -0.1) is 0 Å². The van der Waals surface area contributed by atoms with Crippen molar-refractivity contribution in [1.29, 1.82) is 5.26 Å². The van der Waals surface area contributed by atoms with E-state index in [1.807, 2.05) is 13.8 Å². The smallest absolute Gasteiger partial charge is 0.227 e. The minimum absolute atomic E-state index is 0.148. The van der Waals surface area contributed by atoms with Gasteiger partial charge in [0, 0.05) is 12.0 Å². The zero-order chi connectivity index (χ0) is 11.7. The molecule has 2 fully saturated rings. The van der Waals surface area contributed by atoms with Crippen LogP contribution in [0.1, 0.15) is 39.5 Å². The molecule has 0 heterocycles. The lowest BCUT2D eigenvalue weighted by molar-refractivity contribution is -0.134. The fourth-order valence-electron chi connectivity index (χ4n) is 3.14. The molecule has 2 rings (SSSR count). The average Bonchev–Trinajstić information content (AvgIpc) is 2.98. The molecule has 0 aromatic heterocycles. The first kappa shape index (κ1) is 11.4. The van der Waals surface area contributed by atoms with Crippen LogP contribution in [0.4, 0.5) is 0 Å². The molecule has 0 bridgehead atoms. The molecule has 0 N–H and O–H groups in total. The minimum Gasteiger partial charge on any atom is -0.327 e. The summed E-state index contributed by atoms with van der Waals surface area (Å²) in [5, 5.41) is 8.75. The molecule has 2 saturated carbocycles. The van der Waals surface area contributed by atoms with Crippen LogP contribution in [0.25, 0.3) is 0 Å². The zero-order valence-corrected chi connectivity index (χ0v) is 10.1. The Morgan fingerprint density at radius 2 is 1.94 bits per heavy atom. The first-order chi connectivity index (χ1) is 7.66. The normalized spacial score (nSPS) is 31.8. The van der Waals surface area contributed by atoms with E-state index in [0.29, 0.717) is 11.8 Å². The summed E-state index contributed by atoms with van der Waals surface area (Å²) in [4.78, 5) is 14.0. The van der Waals surface area contributed by atoms with Crippen LogP contribution < -0.4 is 0 Å². The van der Waals surface area contributed by atoms with Crippen molar-refractivity contribution in [3.05, 3.63) is 0 Å². The van der Waals surface area contributed by atoms with Crippen LogP contribution in [-0.4, -0.2) is 23.4 Å². The summed E-state index contributed by atoms with van der Waals surface area (Å²) in [6.45, 7) is 4.22. The number of amides is 1. The van der Waals surface area contributed by atoms with Crippen molar-refractivity contribution in [3.63, 3.8) is 0 Å². The second-order valence-corrected chi connectivity index (χ2v) is 5.36. The highest BCUT2D eigenvalue weighted by atomic mass is 16.2. The zero-order valence-electron chi connectivity index (χ0n) is 10.1. The molecule has 2 unspecified atom stereocenters. The summed E-state index contributed by atoms with van der Waals surface area (Å²) < 4.78 is 0. The molecule has 2 aliphatic carbocycles. The highest BCUT2D eigenvalue weighted by molar-refractivity contribution is 5.82. The van der Waals surface area contributed by atoms with Crippen LogP contribution in [0.3, 0.4) is 0 Å². The Morgan fingerprint density at radius 1 is 1.38 bits per heavy atom. The summed E-state index contributed by atoms with van der Waals surface area (Å²) in [6, 6.07) is 2.25. The molecule has 0 spiro atoms. The predicted octanol–water partition coefficient (Wildman–Crippen LogP) is 2.18. The lowest BCUT2D eigenvalue weighted by atomic mass is 10.0. The van der Waals surface area contributed by atoms with Crippen LogP contribution in [0, 0.1) is 29.1 Å². The molecule has 3 nitrogen and oxygen atoms in total. The van der Waals surface area contributed by atoms with E-state index in [-0.39, 0.29) is 24.4 Å². The van der Waals surface area contributed by atoms with Gasteiger partial charge in [-0.2, -0.15) is 5.26 Å². The summed E-state index contributed by atoms with van der Waals surface area (Å²) in [5.41, 5.74) is 0. The Morgan fingerprint density at radius 3 is 2.38 bits per heavy atom. The second-order valence-electron chi connectivity index (χ2n) is 5.36. The van der Waals surface area contributed by atoms with Gasteiger partial charge in [-0.3, -0.25) is 4.79 Å². The molecule has 0 aromatic carbocycles. The van der Waals surface area contributed by atoms with Crippen molar-refractivity contribution in [2.75, 3.05) is 6.54 Å². The number of nitrogens with zero attached hydrogens (tertiary/aromatic N) is 2. The topological polar surface area (TPSA) is 44.1 Å². The molecule has 16 heavy (non-hydrogen) atoms. The molecule has 3 heteroatoms. The maximum atomic E-state index is 12.3. The first-order valence-electron chi connectivity index (χ1n) is 6.34. The summed E-state index contributed by atoms with van der Waals surface area (Å²) in [6.07, 6.45) is 5.01. The van der Waals surface area contributed by atoms with E-state index in [9.17, 15) is 4.79 Å². The molecule has 1 amide bonds. The highest BCUT2D eigenvalue weighted by Crippen LogP contribution is 2.56. The standard InChI is InChI=1S/C13H20N2O/c1-9(2)15(8-7-14)13(16)12-10-5-3-4-6-11(10)12/h9-12H,3-6,8H2,1-2H3. The summed E-state index contributed by atoms with van der Waals surface area (Å²) >= 11 is 0. The SMILES string of the molecule is CC(C)N(CC#N)C(=O)C1C2CCCCC21. The van der Waals surface area contributed by atoms with Crippen molar-refractivity contribution in [2.45, 2.75) is 45.6 Å². The van der Waals surface area contributed by atoms with Gasteiger partial charge in [0.25, 0.3) is 0 Å². The Balaban J connectivity index is 1.99. The largest absolute Gasteiger partial charge is 0.327 e. The molecular formula is C13H20N2O. The van der Waals surface area contributed by atoms with E-state index in [0.717, 1.165) is 0 Å². The van der Waals surface area contributed by atoms with Crippen molar-refractivity contribution >= 4 is 5.91 Å². The molecule has 2 aliphatic rings. The molecule has 0 saturated heterocycles. The van der Waals surface area contributed by atoms with Gasteiger partial charge in [-0.25, -0.2) is 0 Å². The van der Waals surface area contributed by atoms with Crippen LogP contribution in [0.15, 0.2) is 0 Å². The Hall–Kier alpha value is -1.04. The van der Waals surface area contributed by atoms with Crippen LogP contribution >= 0.6 is 0 Å². The summed E-state index contributed by atoms with van der Waals surface area (Å²) in [7, 11) is 0. The van der Waals surface area contributed by atoms with E-state index in [1.165, 1.54) is 25.7 Å². The molecule has 0 aromatic rings. The van der Waals surface area contributed by atoms with E-state index in [1.54, 1.807) is 4.90 Å². The van der Waals surface area contributed by atoms with E-state index in [2.05, 4.69) is 6.07 Å². The van der Waals surface area contributed by atoms with Crippen molar-refractivity contribution in [2.24, 2.45) is 17.8 Å². The van der Waals surface area contributed by atoms with E-state index < -0.39 is 0 Å². The van der Waals surface area contributed by atoms with Crippen molar-refractivity contribution in [3.8, 4) is 6.07 Å². The molecule has 2 atom stereocenters. The Bertz CT molecular complexity index is 306. The van der Waals surface area contributed by atoms with Crippen LogP contribution in [0.2, 0.25) is 0 Å². The Labute approximate surface area is 97.4 Å².